The minimum atomic E-state index is -0.128. The number of amides is 1. The van der Waals surface area contributed by atoms with Gasteiger partial charge in [-0.2, -0.15) is 5.21 Å². The van der Waals surface area contributed by atoms with Crippen LogP contribution in [0.25, 0.3) is 11.8 Å². The third-order valence-electron chi connectivity index (χ3n) is 6.15. The highest BCUT2D eigenvalue weighted by Gasteiger charge is 2.09. The van der Waals surface area contributed by atoms with E-state index in [2.05, 4.69) is 63.0 Å². The summed E-state index contributed by atoms with van der Waals surface area (Å²) < 4.78 is 1.89. The van der Waals surface area contributed by atoms with E-state index in [1.807, 2.05) is 19.2 Å². The van der Waals surface area contributed by atoms with Gasteiger partial charge < -0.3 is 15.3 Å². The second-order valence-corrected chi connectivity index (χ2v) is 9.15. The Hall–Kier alpha value is -4.24. The monoisotopic (exact) mass is 514 g/mol. The third-order valence-corrected chi connectivity index (χ3v) is 6.41. The van der Waals surface area contributed by atoms with Crippen molar-refractivity contribution in [3.05, 3.63) is 99.8 Å². The number of nitrogens with zero attached hydrogens (tertiary/aromatic N) is 4. The molecule has 37 heavy (non-hydrogen) atoms. The predicted octanol–water partition coefficient (Wildman–Crippen LogP) is 4.85. The van der Waals surface area contributed by atoms with Crippen molar-refractivity contribution < 1.29 is 9.90 Å². The Morgan fingerprint density at radius 1 is 1.14 bits per heavy atom. The van der Waals surface area contributed by atoms with Crippen LogP contribution in [0.3, 0.4) is 0 Å². The second-order valence-electron chi connectivity index (χ2n) is 8.79. The van der Waals surface area contributed by atoms with Crippen LogP contribution in [0, 0.1) is 11.7 Å². The SMILES string of the molecule is Cc1ccc(N(C)CCNC(=O)c2ccc(-n3[nH]nnc3=S)cc2)cc1CC/C=C/c1ccc(O)cc1. The van der Waals surface area contributed by atoms with E-state index in [1.54, 1.807) is 41.1 Å². The molecule has 1 heterocycles. The number of aromatic amines is 1. The summed E-state index contributed by atoms with van der Waals surface area (Å²) >= 11 is 5.10. The molecule has 0 bridgehead atoms. The van der Waals surface area contributed by atoms with E-state index in [0.717, 1.165) is 29.8 Å². The van der Waals surface area contributed by atoms with Gasteiger partial charge in [-0.05, 0) is 97.2 Å². The van der Waals surface area contributed by atoms with Crippen LogP contribution < -0.4 is 10.2 Å². The Morgan fingerprint density at radius 2 is 1.89 bits per heavy atom. The summed E-state index contributed by atoms with van der Waals surface area (Å²) in [5, 5.41) is 22.5. The largest absolute Gasteiger partial charge is 0.508 e. The minimum Gasteiger partial charge on any atom is -0.508 e. The van der Waals surface area contributed by atoms with E-state index in [0.29, 0.717) is 23.4 Å². The van der Waals surface area contributed by atoms with Gasteiger partial charge in [-0.25, -0.2) is 4.68 Å². The molecular weight excluding hydrogens is 484 g/mol. The van der Waals surface area contributed by atoms with Crippen LogP contribution in [0.15, 0.2) is 72.8 Å². The summed E-state index contributed by atoms with van der Waals surface area (Å²) in [6.45, 7) is 3.33. The summed E-state index contributed by atoms with van der Waals surface area (Å²) in [5.74, 6) is 0.147. The number of carbonyl (C=O) groups excluding carboxylic acids is 1. The number of aromatic hydroxyl groups is 1. The Bertz CT molecular complexity index is 1420. The highest BCUT2D eigenvalue weighted by Crippen LogP contribution is 2.20. The summed E-state index contributed by atoms with van der Waals surface area (Å²) in [7, 11) is 2.03. The highest BCUT2D eigenvalue weighted by molar-refractivity contribution is 7.71. The zero-order valence-corrected chi connectivity index (χ0v) is 21.7. The van der Waals surface area contributed by atoms with Crippen molar-refractivity contribution in [1.29, 1.82) is 0 Å². The molecule has 0 aliphatic rings. The number of nitrogens with one attached hydrogen (secondary N) is 2. The van der Waals surface area contributed by atoms with E-state index in [4.69, 9.17) is 12.2 Å². The molecule has 4 aromatic rings. The summed E-state index contributed by atoms with van der Waals surface area (Å²) in [4.78, 5) is 14.7. The van der Waals surface area contributed by atoms with Crippen LogP contribution in [0.1, 0.15) is 33.5 Å². The van der Waals surface area contributed by atoms with Crippen LogP contribution >= 0.6 is 12.2 Å². The van der Waals surface area contributed by atoms with Crippen molar-refractivity contribution in [2.24, 2.45) is 0 Å². The Morgan fingerprint density at radius 3 is 2.59 bits per heavy atom. The zero-order valence-electron chi connectivity index (χ0n) is 20.9. The second kappa shape index (κ2) is 12.1. The molecule has 4 rings (SSSR count). The van der Waals surface area contributed by atoms with Gasteiger partial charge in [-0.15, -0.1) is 0 Å². The van der Waals surface area contributed by atoms with E-state index in [9.17, 15) is 9.90 Å². The highest BCUT2D eigenvalue weighted by atomic mass is 32.1. The molecule has 0 radical (unpaired) electrons. The number of tetrazole rings is 1. The Kier molecular flexibility index (Phi) is 8.48. The van der Waals surface area contributed by atoms with E-state index in [1.165, 1.54) is 11.1 Å². The number of rotatable bonds is 10. The van der Waals surface area contributed by atoms with Crippen molar-refractivity contribution in [3.8, 4) is 11.4 Å². The molecule has 3 N–H and O–H groups in total. The first-order valence-corrected chi connectivity index (χ1v) is 12.5. The molecule has 0 unspecified atom stereocenters. The molecule has 0 saturated carbocycles. The van der Waals surface area contributed by atoms with Crippen molar-refractivity contribution in [2.75, 3.05) is 25.0 Å². The molecule has 190 valence electrons. The van der Waals surface area contributed by atoms with Crippen LogP contribution in [0.5, 0.6) is 5.75 Å². The van der Waals surface area contributed by atoms with Gasteiger partial charge in [0.25, 0.3) is 5.91 Å². The topological polar surface area (TPSA) is 99.1 Å². The lowest BCUT2D eigenvalue weighted by Crippen LogP contribution is -2.33. The number of anilines is 1. The van der Waals surface area contributed by atoms with E-state index >= 15 is 0 Å². The average molecular weight is 515 g/mol. The smallest absolute Gasteiger partial charge is 0.251 e. The number of H-pyrrole nitrogens is 1. The van der Waals surface area contributed by atoms with Crippen LogP contribution in [0.2, 0.25) is 0 Å². The number of aromatic nitrogens is 4. The molecule has 0 aliphatic carbocycles. The van der Waals surface area contributed by atoms with Crippen LogP contribution in [-0.2, 0) is 6.42 Å². The number of phenols is 1. The summed E-state index contributed by atoms with van der Waals surface area (Å²) in [5.41, 5.74) is 6.09. The molecule has 0 aliphatic heterocycles. The average Bonchev–Trinajstić information content (AvgIpc) is 3.34. The van der Waals surface area contributed by atoms with E-state index < -0.39 is 0 Å². The first kappa shape index (κ1) is 25.8. The number of hydrogen-bond acceptors (Lipinski definition) is 6. The number of carbonyl (C=O) groups is 1. The maximum atomic E-state index is 12.6. The molecule has 0 spiro atoms. The number of benzene rings is 3. The van der Waals surface area contributed by atoms with Crippen molar-refractivity contribution in [2.45, 2.75) is 19.8 Å². The lowest BCUT2D eigenvalue weighted by atomic mass is 10.0. The van der Waals surface area contributed by atoms with Crippen LogP contribution in [0.4, 0.5) is 5.69 Å². The normalized spacial score (nSPS) is 11.1. The fraction of sp³-hybridized carbons (Fsp3) is 0.214. The van der Waals surface area contributed by atoms with Gasteiger partial charge in [0.2, 0.25) is 4.77 Å². The molecule has 0 saturated heterocycles. The molecule has 0 fully saturated rings. The molecule has 1 aromatic heterocycles. The van der Waals surface area contributed by atoms with Gasteiger partial charge in [-0.1, -0.05) is 40.7 Å². The van der Waals surface area contributed by atoms with Gasteiger partial charge in [0.15, 0.2) is 0 Å². The number of hydrogen-bond donors (Lipinski definition) is 3. The molecule has 9 heteroatoms. The number of allylic oxidation sites excluding steroid dienone is 1. The van der Waals surface area contributed by atoms with Crippen molar-refractivity contribution in [1.82, 2.24) is 25.5 Å². The first-order valence-electron chi connectivity index (χ1n) is 12.1. The molecule has 0 atom stereocenters. The zero-order chi connectivity index (χ0) is 26.2. The lowest BCUT2D eigenvalue weighted by molar-refractivity contribution is 0.0954. The maximum Gasteiger partial charge on any atom is 0.251 e. The minimum absolute atomic E-state index is 0.128. The Balaban J connectivity index is 1.27. The van der Waals surface area contributed by atoms with Crippen molar-refractivity contribution in [3.63, 3.8) is 0 Å². The Labute approximate surface area is 221 Å². The molecule has 8 nitrogen and oxygen atoms in total. The fourth-order valence-electron chi connectivity index (χ4n) is 3.90. The summed E-state index contributed by atoms with van der Waals surface area (Å²) in [6, 6.07) is 20.8. The quantitative estimate of drug-likeness (QED) is 0.262. The fourth-order valence-corrected chi connectivity index (χ4v) is 4.09. The van der Waals surface area contributed by atoms with Gasteiger partial charge in [0.1, 0.15) is 5.75 Å². The van der Waals surface area contributed by atoms with Crippen LogP contribution in [-0.4, -0.2) is 51.4 Å². The van der Waals surface area contributed by atoms with E-state index in [-0.39, 0.29) is 11.7 Å². The summed E-state index contributed by atoms with van der Waals surface area (Å²) in [6.07, 6.45) is 6.09. The number of likely N-dealkylation sites (N-methyl/N-ethyl adjacent to an activating group) is 1. The number of aryl methyl sites for hydroxylation is 2. The lowest BCUT2D eigenvalue weighted by Gasteiger charge is -2.21. The first-order chi connectivity index (χ1) is 17.9. The van der Waals surface area contributed by atoms with Crippen molar-refractivity contribution >= 4 is 29.9 Å². The predicted molar refractivity (Wildman–Crippen MR) is 149 cm³/mol. The third kappa shape index (κ3) is 6.92. The molecule has 3 aromatic carbocycles. The maximum absolute atomic E-state index is 12.6. The molecular formula is C28H30N6O2S. The standard InChI is InChI=1S/C28H30N6O2S/c1-20-7-12-25(19-23(20)6-4-3-5-21-8-15-26(35)16-9-21)33(2)18-17-29-27(36)22-10-13-24(14-11-22)34-28(37)30-31-32-34/h3,5,7-16,19,35H,4,6,17-18H2,1-2H3,(H,29,36)(H,30,32,37)/b5-3+. The molecule has 1 amide bonds. The van der Waals surface area contributed by atoms with Gasteiger partial charge >= 0.3 is 0 Å². The number of phenolic OH excluding ortho intramolecular Hbond substituents is 1. The van der Waals surface area contributed by atoms with Gasteiger partial charge in [-0.3, -0.25) is 4.79 Å². The van der Waals surface area contributed by atoms with Gasteiger partial charge in [0, 0.05) is 31.4 Å². The van der Waals surface area contributed by atoms with Gasteiger partial charge in [0.05, 0.1) is 5.69 Å².